The molecule has 0 unspecified atom stereocenters. The van der Waals surface area contributed by atoms with Gasteiger partial charge in [-0.25, -0.2) is 13.2 Å². The first kappa shape index (κ1) is 18.7. The van der Waals surface area contributed by atoms with Gasteiger partial charge in [0.15, 0.2) is 0 Å². The number of hydrogen-bond acceptors (Lipinski definition) is 4. The zero-order valence-electron chi connectivity index (χ0n) is 15.6. The topological polar surface area (TPSA) is 79.0 Å². The van der Waals surface area contributed by atoms with Gasteiger partial charge in [-0.2, -0.15) is 4.31 Å². The Balaban J connectivity index is 1.42. The summed E-state index contributed by atoms with van der Waals surface area (Å²) < 4.78 is 33.4. The van der Waals surface area contributed by atoms with Crippen molar-refractivity contribution in [3.8, 4) is 0 Å². The summed E-state index contributed by atoms with van der Waals surface area (Å²) in [6.45, 7) is 3.29. The van der Waals surface area contributed by atoms with Crippen molar-refractivity contribution in [1.82, 2.24) is 14.5 Å². The zero-order valence-corrected chi connectivity index (χ0v) is 16.5. The molecule has 4 rings (SSSR count). The minimum Gasteiger partial charge on any atom is -0.369 e. The molecule has 148 valence electrons. The Bertz CT molecular complexity index is 793. The first-order chi connectivity index (χ1) is 12.9. The van der Waals surface area contributed by atoms with Gasteiger partial charge in [0.1, 0.15) is 0 Å². The number of nitrogens with zero attached hydrogens (tertiary/aromatic N) is 2. The predicted octanol–water partition coefficient (Wildman–Crippen LogP) is 1.72. The molecule has 1 N–H and O–H groups in total. The Labute approximate surface area is 160 Å². The smallest absolute Gasteiger partial charge is 0.317 e. The van der Waals surface area contributed by atoms with Crippen LogP contribution < -0.4 is 5.32 Å². The van der Waals surface area contributed by atoms with E-state index < -0.39 is 10.0 Å². The number of amides is 2. The van der Waals surface area contributed by atoms with Crippen molar-refractivity contribution in [2.24, 2.45) is 0 Å². The molecule has 1 aromatic carbocycles. The molecule has 3 fully saturated rings. The molecule has 8 heteroatoms. The molecule has 0 spiro atoms. The molecule has 27 heavy (non-hydrogen) atoms. The molecule has 0 aromatic heterocycles. The summed E-state index contributed by atoms with van der Waals surface area (Å²) in [6, 6.07) is 7.21. The maximum Gasteiger partial charge on any atom is 0.317 e. The quantitative estimate of drug-likeness (QED) is 0.848. The lowest BCUT2D eigenvalue weighted by atomic mass is 10.1. The van der Waals surface area contributed by atoms with Crippen LogP contribution in [-0.4, -0.2) is 68.1 Å². The number of aryl methyl sites for hydroxylation is 1. The second kappa shape index (κ2) is 7.41. The molecule has 1 aliphatic carbocycles. The van der Waals surface area contributed by atoms with Crippen LogP contribution in [0.1, 0.15) is 31.2 Å². The van der Waals surface area contributed by atoms with Gasteiger partial charge in [-0.15, -0.1) is 0 Å². The number of hydrogen-bond donors (Lipinski definition) is 1. The highest BCUT2D eigenvalue weighted by Crippen LogP contribution is 2.26. The molecule has 7 nitrogen and oxygen atoms in total. The van der Waals surface area contributed by atoms with Crippen molar-refractivity contribution in [3.05, 3.63) is 29.8 Å². The summed E-state index contributed by atoms with van der Waals surface area (Å²) in [6.07, 6.45) is 3.87. The molecule has 1 saturated carbocycles. The van der Waals surface area contributed by atoms with Crippen LogP contribution in [0.3, 0.4) is 0 Å². The lowest BCUT2D eigenvalue weighted by Crippen LogP contribution is -2.62. The van der Waals surface area contributed by atoms with Crippen LogP contribution in [0.25, 0.3) is 0 Å². The van der Waals surface area contributed by atoms with E-state index in [1.165, 1.54) is 17.1 Å². The van der Waals surface area contributed by atoms with Crippen LogP contribution in [0, 0.1) is 6.92 Å². The SMILES string of the molecule is Cc1cccc(S(=O)(=O)N2C[C@H]3CN(C(=O)NC4CCCC4)C[C@@H](C2)O3)c1. The van der Waals surface area contributed by atoms with E-state index in [-0.39, 0.29) is 37.4 Å². The Morgan fingerprint density at radius 3 is 2.41 bits per heavy atom. The van der Waals surface area contributed by atoms with Crippen LogP contribution in [-0.2, 0) is 14.8 Å². The van der Waals surface area contributed by atoms with Crippen molar-refractivity contribution in [3.63, 3.8) is 0 Å². The summed E-state index contributed by atoms with van der Waals surface area (Å²) in [5.41, 5.74) is 0.916. The van der Waals surface area contributed by atoms with E-state index in [0.717, 1.165) is 18.4 Å². The average molecular weight is 394 g/mol. The molecular weight excluding hydrogens is 366 g/mol. The normalized spacial score (nSPS) is 26.9. The summed E-state index contributed by atoms with van der Waals surface area (Å²) in [7, 11) is -3.55. The number of rotatable bonds is 3. The van der Waals surface area contributed by atoms with E-state index >= 15 is 0 Å². The fourth-order valence-corrected chi connectivity index (χ4v) is 5.89. The maximum absolute atomic E-state index is 13.0. The highest BCUT2D eigenvalue weighted by Gasteiger charge is 2.41. The van der Waals surface area contributed by atoms with Crippen molar-refractivity contribution in [2.75, 3.05) is 26.2 Å². The van der Waals surface area contributed by atoms with Gasteiger partial charge in [0.25, 0.3) is 0 Å². The number of benzene rings is 1. The molecule has 2 aliphatic heterocycles. The van der Waals surface area contributed by atoms with Crippen LogP contribution in [0.5, 0.6) is 0 Å². The lowest BCUT2D eigenvalue weighted by Gasteiger charge is -2.45. The number of fused-ring (bicyclic) bond motifs is 2. The number of morpholine rings is 2. The second-order valence-corrected chi connectivity index (χ2v) is 9.79. The Morgan fingerprint density at radius 2 is 1.78 bits per heavy atom. The third-order valence-electron chi connectivity index (χ3n) is 5.64. The highest BCUT2D eigenvalue weighted by molar-refractivity contribution is 7.89. The van der Waals surface area contributed by atoms with Gasteiger partial charge in [0, 0.05) is 19.1 Å². The fourth-order valence-electron chi connectivity index (χ4n) is 4.28. The number of carbonyl (C=O) groups excluding carboxylic acids is 1. The van der Waals surface area contributed by atoms with Gasteiger partial charge in [-0.3, -0.25) is 0 Å². The highest BCUT2D eigenvalue weighted by atomic mass is 32.2. The minimum absolute atomic E-state index is 0.0461. The second-order valence-electron chi connectivity index (χ2n) is 7.85. The van der Waals surface area contributed by atoms with Gasteiger partial charge in [-0.1, -0.05) is 25.0 Å². The summed E-state index contributed by atoms with van der Waals surface area (Å²) in [5.74, 6) is 0. The zero-order chi connectivity index (χ0) is 19.0. The van der Waals surface area contributed by atoms with E-state index in [0.29, 0.717) is 18.0 Å². The first-order valence-corrected chi connectivity index (χ1v) is 11.1. The van der Waals surface area contributed by atoms with E-state index in [1.54, 1.807) is 23.1 Å². The third kappa shape index (κ3) is 3.97. The summed E-state index contributed by atoms with van der Waals surface area (Å²) in [4.78, 5) is 14.7. The van der Waals surface area contributed by atoms with Gasteiger partial charge in [0.05, 0.1) is 30.2 Å². The Hall–Kier alpha value is -1.64. The number of carbonyl (C=O) groups is 1. The minimum atomic E-state index is -3.55. The molecule has 1 aromatic rings. The van der Waals surface area contributed by atoms with E-state index in [1.807, 2.05) is 13.0 Å². The number of sulfonamides is 1. The predicted molar refractivity (Wildman–Crippen MR) is 101 cm³/mol. The first-order valence-electron chi connectivity index (χ1n) is 9.69. The van der Waals surface area contributed by atoms with Crippen LogP contribution >= 0.6 is 0 Å². The monoisotopic (exact) mass is 393 g/mol. The number of nitrogens with one attached hydrogen (secondary N) is 1. The van der Waals surface area contributed by atoms with Crippen molar-refractivity contribution >= 4 is 16.1 Å². The van der Waals surface area contributed by atoms with Crippen LogP contribution in [0.2, 0.25) is 0 Å². The number of ether oxygens (including phenoxy) is 1. The molecule has 2 saturated heterocycles. The molecule has 2 amide bonds. The van der Waals surface area contributed by atoms with E-state index in [4.69, 9.17) is 4.74 Å². The van der Waals surface area contributed by atoms with Gasteiger partial charge in [0.2, 0.25) is 10.0 Å². The standard InChI is InChI=1S/C19H27N3O4S/c1-14-5-4-8-18(9-14)27(24,25)22-12-16-10-21(11-17(13-22)26-16)19(23)20-15-6-2-3-7-15/h4-5,8-9,15-17H,2-3,6-7,10-13H2,1H3,(H,20,23)/t16-,17+. The lowest BCUT2D eigenvalue weighted by molar-refractivity contribution is -0.111. The van der Waals surface area contributed by atoms with Crippen molar-refractivity contribution in [2.45, 2.75) is 55.8 Å². The molecule has 0 radical (unpaired) electrons. The number of urea groups is 1. The average Bonchev–Trinajstić information content (AvgIpc) is 3.13. The Morgan fingerprint density at radius 1 is 1.11 bits per heavy atom. The third-order valence-corrected chi connectivity index (χ3v) is 7.47. The van der Waals surface area contributed by atoms with E-state index in [2.05, 4.69) is 5.32 Å². The largest absolute Gasteiger partial charge is 0.369 e. The van der Waals surface area contributed by atoms with Gasteiger partial charge in [-0.05, 0) is 37.5 Å². The van der Waals surface area contributed by atoms with Gasteiger partial charge >= 0.3 is 6.03 Å². The molecule has 3 aliphatic rings. The van der Waals surface area contributed by atoms with Crippen molar-refractivity contribution < 1.29 is 17.9 Å². The molecule has 2 heterocycles. The Kier molecular flexibility index (Phi) is 5.13. The summed E-state index contributed by atoms with van der Waals surface area (Å²) in [5, 5.41) is 3.11. The molecular formula is C19H27N3O4S. The van der Waals surface area contributed by atoms with Crippen LogP contribution in [0.4, 0.5) is 4.79 Å². The van der Waals surface area contributed by atoms with Crippen molar-refractivity contribution in [1.29, 1.82) is 0 Å². The summed E-state index contributed by atoms with van der Waals surface area (Å²) >= 11 is 0. The molecule has 2 atom stereocenters. The fraction of sp³-hybridized carbons (Fsp3) is 0.632. The van der Waals surface area contributed by atoms with Crippen LogP contribution in [0.15, 0.2) is 29.2 Å². The molecule has 2 bridgehead atoms. The van der Waals surface area contributed by atoms with Gasteiger partial charge < -0.3 is 15.0 Å². The van der Waals surface area contributed by atoms with E-state index in [9.17, 15) is 13.2 Å². The maximum atomic E-state index is 13.0.